The highest BCUT2D eigenvalue weighted by Crippen LogP contribution is 2.23. The molecule has 0 saturated carbocycles. The van der Waals surface area contributed by atoms with E-state index < -0.39 is 6.10 Å². The zero-order valence-electron chi connectivity index (χ0n) is 9.09. The fourth-order valence-electron chi connectivity index (χ4n) is 1.56. The van der Waals surface area contributed by atoms with Crippen LogP contribution in [0.25, 0.3) is 0 Å². The molecule has 1 unspecified atom stereocenters. The standard InChI is InChI=1S/C13H14OS2/c1-15-11-6-4-10(5-7-11)13(14)9-12-3-2-8-16-12/h2-8,13-14H,9H2,1H3. The van der Waals surface area contributed by atoms with E-state index in [1.807, 2.05) is 23.6 Å². The Morgan fingerprint density at radius 2 is 2.00 bits per heavy atom. The molecular formula is C13H14OS2. The van der Waals surface area contributed by atoms with Crippen molar-refractivity contribution in [3.63, 3.8) is 0 Å². The lowest BCUT2D eigenvalue weighted by Crippen LogP contribution is -2.00. The zero-order chi connectivity index (χ0) is 11.4. The third-order valence-corrected chi connectivity index (χ3v) is 4.12. The maximum absolute atomic E-state index is 10.1. The molecule has 1 heterocycles. The second kappa shape index (κ2) is 5.53. The molecule has 1 aromatic carbocycles. The average molecular weight is 250 g/mol. The van der Waals surface area contributed by atoms with Crippen molar-refractivity contribution >= 4 is 23.1 Å². The summed E-state index contributed by atoms with van der Waals surface area (Å²) in [6.45, 7) is 0. The van der Waals surface area contributed by atoms with Gasteiger partial charge in [0.2, 0.25) is 0 Å². The van der Waals surface area contributed by atoms with E-state index >= 15 is 0 Å². The van der Waals surface area contributed by atoms with Gasteiger partial charge >= 0.3 is 0 Å². The van der Waals surface area contributed by atoms with Crippen LogP contribution < -0.4 is 0 Å². The topological polar surface area (TPSA) is 20.2 Å². The van der Waals surface area contributed by atoms with E-state index in [9.17, 15) is 5.11 Å². The first kappa shape index (κ1) is 11.7. The number of thiophene rings is 1. The maximum atomic E-state index is 10.1. The maximum Gasteiger partial charge on any atom is 0.0838 e. The predicted molar refractivity (Wildman–Crippen MR) is 71.2 cm³/mol. The van der Waals surface area contributed by atoms with Gasteiger partial charge in [-0.25, -0.2) is 0 Å². The van der Waals surface area contributed by atoms with Gasteiger partial charge in [-0.05, 0) is 35.4 Å². The Kier molecular flexibility index (Phi) is 4.04. The van der Waals surface area contributed by atoms with Crippen LogP contribution in [0, 0.1) is 0 Å². The quantitative estimate of drug-likeness (QED) is 0.834. The largest absolute Gasteiger partial charge is 0.388 e. The Bertz CT molecular complexity index is 420. The number of hydrogen-bond acceptors (Lipinski definition) is 3. The van der Waals surface area contributed by atoms with E-state index in [1.54, 1.807) is 23.1 Å². The summed E-state index contributed by atoms with van der Waals surface area (Å²) in [5.41, 5.74) is 0.992. The van der Waals surface area contributed by atoms with E-state index in [0.29, 0.717) is 6.42 Å². The van der Waals surface area contributed by atoms with Crippen molar-refractivity contribution < 1.29 is 5.11 Å². The third kappa shape index (κ3) is 2.88. The Morgan fingerprint density at radius 1 is 1.25 bits per heavy atom. The number of rotatable bonds is 4. The van der Waals surface area contributed by atoms with Crippen LogP contribution >= 0.6 is 23.1 Å². The first-order chi connectivity index (χ1) is 7.79. The van der Waals surface area contributed by atoms with Gasteiger partial charge < -0.3 is 5.11 Å². The monoisotopic (exact) mass is 250 g/mol. The molecule has 1 N–H and O–H groups in total. The third-order valence-electron chi connectivity index (χ3n) is 2.48. The lowest BCUT2D eigenvalue weighted by atomic mass is 10.1. The molecule has 0 spiro atoms. The molecule has 0 radical (unpaired) electrons. The molecule has 0 saturated heterocycles. The van der Waals surface area contributed by atoms with Gasteiger partial charge in [0, 0.05) is 16.2 Å². The molecule has 84 valence electrons. The van der Waals surface area contributed by atoms with Crippen LogP contribution in [-0.4, -0.2) is 11.4 Å². The predicted octanol–water partition coefficient (Wildman–Crippen LogP) is 3.75. The van der Waals surface area contributed by atoms with E-state index in [0.717, 1.165) is 5.56 Å². The molecule has 0 bridgehead atoms. The minimum absolute atomic E-state index is 0.394. The molecule has 0 aliphatic carbocycles. The molecule has 0 aliphatic rings. The van der Waals surface area contributed by atoms with Gasteiger partial charge in [0.25, 0.3) is 0 Å². The highest BCUT2D eigenvalue weighted by Gasteiger charge is 2.08. The summed E-state index contributed by atoms with van der Waals surface area (Å²) in [7, 11) is 0. The lowest BCUT2D eigenvalue weighted by Gasteiger charge is -2.10. The molecule has 0 amide bonds. The summed E-state index contributed by atoms with van der Waals surface area (Å²) in [6, 6.07) is 12.2. The van der Waals surface area contributed by atoms with Crippen LogP contribution in [0.1, 0.15) is 16.5 Å². The molecular weight excluding hydrogens is 236 g/mol. The summed E-state index contributed by atoms with van der Waals surface area (Å²) in [6.07, 6.45) is 2.36. The fourth-order valence-corrected chi connectivity index (χ4v) is 2.71. The SMILES string of the molecule is CSc1ccc(C(O)Cc2cccs2)cc1. The number of hydrogen-bond donors (Lipinski definition) is 1. The van der Waals surface area contributed by atoms with Crippen molar-refractivity contribution in [2.75, 3.05) is 6.26 Å². The molecule has 16 heavy (non-hydrogen) atoms. The summed E-state index contributed by atoms with van der Waals surface area (Å²) in [4.78, 5) is 2.45. The highest BCUT2D eigenvalue weighted by atomic mass is 32.2. The Labute approximate surface area is 104 Å². The van der Waals surface area contributed by atoms with Gasteiger partial charge in [-0.3, -0.25) is 0 Å². The number of thioether (sulfide) groups is 1. The van der Waals surface area contributed by atoms with Gasteiger partial charge in [-0.1, -0.05) is 18.2 Å². The Morgan fingerprint density at radius 3 is 2.56 bits per heavy atom. The normalized spacial score (nSPS) is 12.6. The number of aliphatic hydroxyl groups is 1. The molecule has 1 aromatic heterocycles. The average Bonchev–Trinajstić information content (AvgIpc) is 2.82. The summed E-state index contributed by atoms with van der Waals surface area (Å²) < 4.78 is 0. The molecule has 1 nitrogen and oxygen atoms in total. The van der Waals surface area contributed by atoms with Crippen molar-refractivity contribution in [1.29, 1.82) is 0 Å². The van der Waals surface area contributed by atoms with E-state index in [1.165, 1.54) is 9.77 Å². The summed E-state index contributed by atoms with van der Waals surface area (Å²) in [5.74, 6) is 0. The van der Waals surface area contributed by atoms with E-state index in [-0.39, 0.29) is 0 Å². The Balaban J connectivity index is 2.05. The first-order valence-electron chi connectivity index (χ1n) is 5.14. The minimum Gasteiger partial charge on any atom is -0.388 e. The fraction of sp³-hybridized carbons (Fsp3) is 0.231. The highest BCUT2D eigenvalue weighted by molar-refractivity contribution is 7.98. The summed E-state index contributed by atoms with van der Waals surface area (Å²) in [5, 5.41) is 12.1. The number of benzene rings is 1. The first-order valence-corrected chi connectivity index (χ1v) is 7.24. The molecule has 2 aromatic rings. The van der Waals surface area contributed by atoms with Crippen molar-refractivity contribution in [3.05, 3.63) is 52.2 Å². The van der Waals surface area contributed by atoms with Gasteiger partial charge in [-0.2, -0.15) is 0 Å². The molecule has 0 fully saturated rings. The van der Waals surface area contributed by atoms with Gasteiger partial charge in [0.05, 0.1) is 6.10 Å². The molecule has 3 heteroatoms. The van der Waals surface area contributed by atoms with Crippen LogP contribution in [0.4, 0.5) is 0 Å². The summed E-state index contributed by atoms with van der Waals surface area (Å²) >= 11 is 3.40. The van der Waals surface area contributed by atoms with Crippen LogP contribution in [0.15, 0.2) is 46.7 Å². The van der Waals surface area contributed by atoms with E-state index in [2.05, 4.69) is 24.5 Å². The molecule has 1 atom stereocenters. The second-order valence-corrected chi connectivity index (χ2v) is 5.48. The Hall–Kier alpha value is -0.770. The van der Waals surface area contributed by atoms with Crippen LogP contribution in [0.3, 0.4) is 0 Å². The van der Waals surface area contributed by atoms with Gasteiger partial charge in [0.1, 0.15) is 0 Å². The lowest BCUT2D eigenvalue weighted by molar-refractivity contribution is 0.179. The van der Waals surface area contributed by atoms with Crippen molar-refractivity contribution in [3.8, 4) is 0 Å². The number of aliphatic hydroxyl groups excluding tert-OH is 1. The van der Waals surface area contributed by atoms with E-state index in [4.69, 9.17) is 0 Å². The zero-order valence-corrected chi connectivity index (χ0v) is 10.7. The molecule has 0 aliphatic heterocycles. The van der Waals surface area contributed by atoms with Crippen LogP contribution in [0.5, 0.6) is 0 Å². The second-order valence-electron chi connectivity index (χ2n) is 3.57. The van der Waals surface area contributed by atoms with Crippen molar-refractivity contribution in [1.82, 2.24) is 0 Å². The van der Waals surface area contributed by atoms with Crippen molar-refractivity contribution in [2.24, 2.45) is 0 Å². The molecule has 2 rings (SSSR count). The smallest absolute Gasteiger partial charge is 0.0838 e. The van der Waals surface area contributed by atoms with Crippen LogP contribution in [0.2, 0.25) is 0 Å². The van der Waals surface area contributed by atoms with Gasteiger partial charge in [0.15, 0.2) is 0 Å². The van der Waals surface area contributed by atoms with Gasteiger partial charge in [-0.15, -0.1) is 23.1 Å². The minimum atomic E-state index is -0.394. The van der Waals surface area contributed by atoms with Crippen LogP contribution in [-0.2, 0) is 6.42 Å². The van der Waals surface area contributed by atoms with Crippen molar-refractivity contribution in [2.45, 2.75) is 17.4 Å².